The van der Waals surface area contributed by atoms with Crippen molar-refractivity contribution in [1.29, 1.82) is 0 Å². The summed E-state index contributed by atoms with van der Waals surface area (Å²) in [6.07, 6.45) is 3.64. The maximum absolute atomic E-state index is 11.6. The highest BCUT2D eigenvalue weighted by Gasteiger charge is 2.29. The summed E-state index contributed by atoms with van der Waals surface area (Å²) in [6, 6.07) is 8.19. The summed E-state index contributed by atoms with van der Waals surface area (Å²) in [5, 5.41) is 4.34. The first-order valence-electron chi connectivity index (χ1n) is 7.67. The molecule has 0 radical (unpaired) electrons. The number of hydrogen-bond acceptors (Lipinski definition) is 3. The fourth-order valence-electron chi connectivity index (χ4n) is 2.98. The van der Waals surface area contributed by atoms with E-state index in [9.17, 15) is 8.42 Å². The Morgan fingerprint density at radius 1 is 1.38 bits per heavy atom. The Balaban J connectivity index is 1.99. The van der Waals surface area contributed by atoms with Crippen molar-refractivity contribution >= 4 is 21.4 Å². The number of halogens is 1. The molecular weight excluding hydrogens is 306 g/mol. The molecule has 1 saturated heterocycles. The van der Waals surface area contributed by atoms with Gasteiger partial charge in [0.1, 0.15) is 0 Å². The van der Waals surface area contributed by atoms with Gasteiger partial charge >= 0.3 is 0 Å². The van der Waals surface area contributed by atoms with Crippen LogP contribution in [0, 0.1) is 5.92 Å². The normalized spacial score (nSPS) is 22.3. The van der Waals surface area contributed by atoms with E-state index in [4.69, 9.17) is 11.6 Å². The third-order valence-electron chi connectivity index (χ3n) is 4.05. The predicted molar refractivity (Wildman–Crippen MR) is 88.6 cm³/mol. The Labute approximate surface area is 133 Å². The van der Waals surface area contributed by atoms with Crippen LogP contribution in [0.25, 0.3) is 0 Å². The maximum atomic E-state index is 11.6. The van der Waals surface area contributed by atoms with Gasteiger partial charge < -0.3 is 5.32 Å². The van der Waals surface area contributed by atoms with E-state index < -0.39 is 9.84 Å². The van der Waals surface area contributed by atoms with Crippen LogP contribution in [0.1, 0.15) is 31.7 Å². The molecule has 1 aromatic rings. The summed E-state index contributed by atoms with van der Waals surface area (Å²) in [5.74, 6) is 0.983. The van der Waals surface area contributed by atoms with Crippen molar-refractivity contribution in [2.45, 2.75) is 38.6 Å². The van der Waals surface area contributed by atoms with Crippen LogP contribution in [-0.2, 0) is 16.3 Å². The third kappa shape index (κ3) is 5.28. The second-order valence-electron chi connectivity index (χ2n) is 5.95. The molecule has 1 fully saturated rings. The Morgan fingerprint density at radius 3 is 2.76 bits per heavy atom. The first kappa shape index (κ1) is 16.8. The molecule has 0 amide bonds. The summed E-state index contributed by atoms with van der Waals surface area (Å²) >= 11 is 6.24. The summed E-state index contributed by atoms with van der Waals surface area (Å²) < 4.78 is 23.2. The largest absolute Gasteiger partial charge is 0.314 e. The second-order valence-corrected chi connectivity index (χ2v) is 8.59. The Bertz CT molecular complexity index is 559. The van der Waals surface area contributed by atoms with E-state index in [1.54, 1.807) is 0 Å². The molecule has 1 N–H and O–H groups in total. The Morgan fingerprint density at radius 2 is 2.14 bits per heavy atom. The van der Waals surface area contributed by atoms with Gasteiger partial charge in [-0.2, -0.15) is 0 Å². The van der Waals surface area contributed by atoms with Gasteiger partial charge in [0.15, 0.2) is 9.84 Å². The van der Waals surface area contributed by atoms with E-state index in [1.807, 2.05) is 24.3 Å². The van der Waals surface area contributed by atoms with Gasteiger partial charge in [-0.15, -0.1) is 0 Å². The molecule has 0 spiro atoms. The molecule has 0 bridgehead atoms. The van der Waals surface area contributed by atoms with Crippen LogP contribution < -0.4 is 5.32 Å². The van der Waals surface area contributed by atoms with Crippen molar-refractivity contribution in [2.24, 2.45) is 5.92 Å². The predicted octanol–water partition coefficient (Wildman–Crippen LogP) is 3.08. The van der Waals surface area contributed by atoms with E-state index in [0.717, 1.165) is 42.8 Å². The van der Waals surface area contributed by atoms with Crippen molar-refractivity contribution in [3.63, 3.8) is 0 Å². The first-order chi connectivity index (χ1) is 10.00. The second kappa shape index (κ2) is 7.61. The molecule has 0 saturated carbocycles. The zero-order chi connectivity index (χ0) is 15.3. The molecule has 5 heteroatoms. The molecule has 1 aliphatic rings. The van der Waals surface area contributed by atoms with Crippen LogP contribution in [0.15, 0.2) is 24.3 Å². The molecular formula is C16H24ClNO2S. The molecule has 3 nitrogen and oxygen atoms in total. The average Bonchev–Trinajstić information content (AvgIpc) is 2.77. The van der Waals surface area contributed by atoms with Crippen LogP contribution in [0.5, 0.6) is 0 Å². The fourth-order valence-corrected chi connectivity index (χ4v) is 5.07. The monoisotopic (exact) mass is 329 g/mol. The van der Waals surface area contributed by atoms with E-state index in [-0.39, 0.29) is 5.92 Å². The van der Waals surface area contributed by atoms with Crippen molar-refractivity contribution in [1.82, 2.24) is 5.32 Å². The molecule has 118 valence electrons. The molecule has 21 heavy (non-hydrogen) atoms. The topological polar surface area (TPSA) is 46.2 Å². The lowest BCUT2D eigenvalue weighted by molar-refractivity contribution is 0.403. The molecule has 1 heterocycles. The van der Waals surface area contributed by atoms with Crippen LogP contribution in [0.3, 0.4) is 0 Å². The highest BCUT2D eigenvalue weighted by atomic mass is 35.5. The first-order valence-corrected chi connectivity index (χ1v) is 9.87. The highest BCUT2D eigenvalue weighted by molar-refractivity contribution is 7.91. The number of sulfone groups is 1. The number of rotatable bonds is 7. The van der Waals surface area contributed by atoms with Crippen molar-refractivity contribution in [2.75, 3.05) is 18.1 Å². The zero-order valence-corrected chi connectivity index (χ0v) is 14.1. The Kier molecular flexibility index (Phi) is 6.08. The SMILES string of the molecule is CCCNC(Cc1ccccc1Cl)CC1CCS(=O)(=O)C1. The van der Waals surface area contributed by atoms with Crippen LogP contribution in [-0.4, -0.2) is 32.5 Å². The van der Waals surface area contributed by atoms with Crippen molar-refractivity contribution < 1.29 is 8.42 Å². The van der Waals surface area contributed by atoms with Crippen LogP contribution in [0.4, 0.5) is 0 Å². The van der Waals surface area contributed by atoms with Crippen LogP contribution >= 0.6 is 11.6 Å². The van der Waals surface area contributed by atoms with Gasteiger partial charge in [0, 0.05) is 11.1 Å². The van der Waals surface area contributed by atoms with Gasteiger partial charge in [-0.1, -0.05) is 36.7 Å². The summed E-state index contributed by atoms with van der Waals surface area (Å²) in [5.41, 5.74) is 1.13. The third-order valence-corrected chi connectivity index (χ3v) is 6.26. The molecule has 0 aliphatic carbocycles. The van der Waals surface area contributed by atoms with E-state index >= 15 is 0 Å². The number of nitrogens with one attached hydrogen (secondary N) is 1. The molecule has 1 aromatic carbocycles. The zero-order valence-electron chi connectivity index (χ0n) is 12.5. The molecule has 2 rings (SSSR count). The molecule has 1 aliphatic heterocycles. The van der Waals surface area contributed by atoms with E-state index in [0.29, 0.717) is 17.5 Å². The van der Waals surface area contributed by atoms with E-state index in [2.05, 4.69) is 12.2 Å². The fraction of sp³-hybridized carbons (Fsp3) is 0.625. The number of hydrogen-bond donors (Lipinski definition) is 1. The molecule has 2 atom stereocenters. The highest BCUT2D eigenvalue weighted by Crippen LogP contribution is 2.25. The minimum atomic E-state index is -2.80. The minimum Gasteiger partial charge on any atom is -0.314 e. The lowest BCUT2D eigenvalue weighted by atomic mass is 9.94. The average molecular weight is 330 g/mol. The Hall–Kier alpha value is -0.580. The summed E-state index contributed by atoms with van der Waals surface area (Å²) in [4.78, 5) is 0. The quantitative estimate of drug-likeness (QED) is 0.836. The maximum Gasteiger partial charge on any atom is 0.150 e. The number of benzene rings is 1. The van der Waals surface area contributed by atoms with Gasteiger partial charge in [0.2, 0.25) is 0 Å². The van der Waals surface area contributed by atoms with Gasteiger partial charge in [-0.05, 0) is 49.8 Å². The van der Waals surface area contributed by atoms with Crippen molar-refractivity contribution in [3.8, 4) is 0 Å². The molecule has 2 unspecified atom stereocenters. The van der Waals surface area contributed by atoms with Gasteiger partial charge in [-0.3, -0.25) is 0 Å². The summed E-state index contributed by atoms with van der Waals surface area (Å²) in [7, 11) is -2.80. The summed E-state index contributed by atoms with van der Waals surface area (Å²) in [6.45, 7) is 3.09. The van der Waals surface area contributed by atoms with Gasteiger partial charge in [0.05, 0.1) is 11.5 Å². The van der Waals surface area contributed by atoms with E-state index in [1.165, 1.54) is 0 Å². The van der Waals surface area contributed by atoms with Gasteiger partial charge in [-0.25, -0.2) is 8.42 Å². The van der Waals surface area contributed by atoms with Crippen molar-refractivity contribution in [3.05, 3.63) is 34.9 Å². The van der Waals surface area contributed by atoms with Gasteiger partial charge in [0.25, 0.3) is 0 Å². The lowest BCUT2D eigenvalue weighted by Crippen LogP contribution is -2.34. The minimum absolute atomic E-state index is 0.284. The molecule has 0 aromatic heterocycles. The standard InChI is InChI=1S/C16H24ClNO2S/c1-2-8-18-15(10-13-7-9-21(19,20)12-13)11-14-5-3-4-6-16(14)17/h3-6,13,15,18H,2,7-12H2,1H3. The lowest BCUT2D eigenvalue weighted by Gasteiger charge is -2.22. The smallest absolute Gasteiger partial charge is 0.150 e. The van der Waals surface area contributed by atoms with Crippen LogP contribution in [0.2, 0.25) is 5.02 Å².